The van der Waals surface area contributed by atoms with Gasteiger partial charge in [-0.2, -0.15) is 0 Å². The molecule has 120 valence electrons. The molecule has 0 aromatic heterocycles. The summed E-state index contributed by atoms with van der Waals surface area (Å²) in [4.78, 5) is 24.9. The zero-order valence-electron chi connectivity index (χ0n) is 12.8. The lowest BCUT2D eigenvalue weighted by atomic mass is 9.97. The van der Waals surface area contributed by atoms with Gasteiger partial charge in [0.2, 0.25) is 0 Å². The zero-order chi connectivity index (χ0) is 15.6. The first-order valence-electron chi connectivity index (χ1n) is 7.34. The van der Waals surface area contributed by atoms with E-state index in [4.69, 9.17) is 9.84 Å². The molecule has 0 bridgehead atoms. The standard InChI is InChI=1S/C14H24N2O4S/c1-14(2,3)20-13(19)16-6-4-5-9(7-16)11-15-10(8-21-11)12(17)18/h9-11,15H,4-8H2,1-3H3,(H,17,18). The third kappa shape index (κ3) is 4.51. The number of carbonyl (C=O) groups excluding carboxylic acids is 1. The van der Waals surface area contributed by atoms with E-state index in [9.17, 15) is 9.59 Å². The summed E-state index contributed by atoms with van der Waals surface area (Å²) in [6, 6.07) is -0.475. The Bertz CT molecular complexity index is 410. The molecule has 0 aromatic rings. The van der Waals surface area contributed by atoms with Gasteiger partial charge in [-0.3, -0.25) is 10.1 Å². The summed E-state index contributed by atoms with van der Waals surface area (Å²) in [5.74, 6) is 0.0635. The topological polar surface area (TPSA) is 78.9 Å². The van der Waals surface area contributed by atoms with Crippen molar-refractivity contribution in [2.45, 2.75) is 50.6 Å². The molecular weight excluding hydrogens is 292 g/mol. The molecule has 7 heteroatoms. The van der Waals surface area contributed by atoms with Crippen molar-refractivity contribution in [2.24, 2.45) is 5.92 Å². The van der Waals surface area contributed by atoms with Gasteiger partial charge >= 0.3 is 12.1 Å². The number of rotatable bonds is 2. The second-order valence-corrected chi connectivity index (χ2v) is 7.81. The van der Waals surface area contributed by atoms with Gasteiger partial charge < -0.3 is 14.7 Å². The molecule has 3 unspecified atom stereocenters. The van der Waals surface area contributed by atoms with Gasteiger partial charge in [-0.1, -0.05) is 0 Å². The second kappa shape index (κ2) is 6.44. The number of hydrogen-bond donors (Lipinski definition) is 2. The molecule has 0 spiro atoms. The average Bonchev–Trinajstić information content (AvgIpc) is 2.86. The molecule has 0 aromatic carbocycles. The van der Waals surface area contributed by atoms with E-state index in [-0.39, 0.29) is 17.4 Å². The van der Waals surface area contributed by atoms with Gasteiger partial charge in [0.25, 0.3) is 0 Å². The van der Waals surface area contributed by atoms with Crippen LogP contribution in [0.2, 0.25) is 0 Å². The van der Waals surface area contributed by atoms with Crippen molar-refractivity contribution in [3.63, 3.8) is 0 Å². The average molecular weight is 316 g/mol. The van der Waals surface area contributed by atoms with Crippen molar-refractivity contribution in [1.82, 2.24) is 10.2 Å². The maximum Gasteiger partial charge on any atom is 0.410 e. The SMILES string of the molecule is CC(C)(C)OC(=O)N1CCCC(C2NC(C(=O)O)CS2)C1. The van der Waals surface area contributed by atoms with E-state index in [1.54, 1.807) is 16.7 Å². The number of amides is 1. The number of carbonyl (C=O) groups is 2. The van der Waals surface area contributed by atoms with Gasteiger partial charge in [0, 0.05) is 24.8 Å². The molecule has 3 atom stereocenters. The quantitative estimate of drug-likeness (QED) is 0.808. The largest absolute Gasteiger partial charge is 0.480 e. The Balaban J connectivity index is 1.89. The number of carboxylic acid groups (broad SMARTS) is 1. The van der Waals surface area contributed by atoms with Crippen LogP contribution >= 0.6 is 11.8 Å². The number of ether oxygens (including phenoxy) is 1. The molecule has 0 radical (unpaired) electrons. The summed E-state index contributed by atoms with van der Waals surface area (Å²) in [6.07, 6.45) is 1.67. The summed E-state index contributed by atoms with van der Waals surface area (Å²) >= 11 is 1.64. The van der Waals surface area contributed by atoms with Crippen molar-refractivity contribution in [3.05, 3.63) is 0 Å². The van der Waals surface area contributed by atoms with Gasteiger partial charge in [-0.15, -0.1) is 11.8 Å². The molecule has 2 heterocycles. The third-order valence-corrected chi connectivity index (χ3v) is 5.05. The van der Waals surface area contributed by atoms with Crippen LogP contribution in [-0.2, 0) is 9.53 Å². The Morgan fingerprint density at radius 3 is 2.67 bits per heavy atom. The van der Waals surface area contributed by atoms with E-state index in [1.165, 1.54) is 0 Å². The molecule has 2 fully saturated rings. The Labute approximate surface area is 129 Å². The van der Waals surface area contributed by atoms with Gasteiger partial charge in [0.1, 0.15) is 11.6 Å². The van der Waals surface area contributed by atoms with E-state index in [0.29, 0.717) is 18.8 Å². The molecule has 0 saturated carbocycles. The minimum Gasteiger partial charge on any atom is -0.480 e. The predicted octanol–water partition coefficient (Wildman–Crippen LogP) is 1.75. The highest BCUT2D eigenvalue weighted by atomic mass is 32.2. The summed E-state index contributed by atoms with van der Waals surface area (Å²) in [5, 5.41) is 12.3. The fourth-order valence-corrected chi connectivity index (χ4v) is 4.05. The van der Waals surface area contributed by atoms with E-state index in [2.05, 4.69) is 5.32 Å². The molecule has 2 aliphatic heterocycles. The molecule has 1 amide bonds. The number of nitrogens with one attached hydrogen (secondary N) is 1. The van der Waals surface area contributed by atoms with Crippen molar-refractivity contribution in [3.8, 4) is 0 Å². The van der Waals surface area contributed by atoms with Crippen LogP contribution in [0.3, 0.4) is 0 Å². The Morgan fingerprint density at radius 2 is 2.10 bits per heavy atom. The van der Waals surface area contributed by atoms with Gasteiger partial charge in [0.05, 0.1) is 5.37 Å². The van der Waals surface area contributed by atoms with E-state index in [1.807, 2.05) is 20.8 Å². The van der Waals surface area contributed by atoms with Gasteiger partial charge in [0.15, 0.2) is 0 Å². The molecule has 2 N–H and O–H groups in total. The van der Waals surface area contributed by atoms with Crippen molar-refractivity contribution in [1.29, 1.82) is 0 Å². The van der Waals surface area contributed by atoms with Crippen LogP contribution in [0.5, 0.6) is 0 Å². The number of thioether (sulfide) groups is 1. The van der Waals surface area contributed by atoms with Gasteiger partial charge in [-0.25, -0.2) is 4.79 Å². The molecule has 6 nitrogen and oxygen atoms in total. The molecule has 2 rings (SSSR count). The first kappa shape index (κ1) is 16.4. The summed E-state index contributed by atoms with van der Waals surface area (Å²) in [5.41, 5.74) is -0.487. The first-order chi connectivity index (χ1) is 9.76. The number of nitrogens with zero attached hydrogens (tertiary/aromatic N) is 1. The fourth-order valence-electron chi connectivity index (χ4n) is 2.66. The van der Waals surface area contributed by atoms with Gasteiger partial charge in [-0.05, 0) is 33.6 Å². The Morgan fingerprint density at radius 1 is 1.38 bits per heavy atom. The lowest BCUT2D eigenvalue weighted by Gasteiger charge is -2.36. The van der Waals surface area contributed by atoms with Crippen LogP contribution in [0, 0.1) is 5.92 Å². The van der Waals surface area contributed by atoms with Crippen molar-refractivity contribution in [2.75, 3.05) is 18.8 Å². The van der Waals surface area contributed by atoms with Crippen LogP contribution in [0.1, 0.15) is 33.6 Å². The normalized spacial score (nSPS) is 30.2. The van der Waals surface area contributed by atoms with Crippen LogP contribution in [-0.4, -0.2) is 57.9 Å². The number of carboxylic acids is 1. The lowest BCUT2D eigenvalue weighted by molar-refractivity contribution is -0.138. The first-order valence-corrected chi connectivity index (χ1v) is 8.39. The minimum atomic E-state index is -0.801. The number of piperidine rings is 1. The van der Waals surface area contributed by atoms with Crippen molar-refractivity contribution < 1.29 is 19.4 Å². The molecule has 2 saturated heterocycles. The maximum absolute atomic E-state index is 12.1. The van der Waals surface area contributed by atoms with Crippen molar-refractivity contribution >= 4 is 23.8 Å². The number of aliphatic carboxylic acids is 1. The fraction of sp³-hybridized carbons (Fsp3) is 0.857. The second-order valence-electron chi connectivity index (χ2n) is 6.64. The van der Waals surface area contributed by atoms with Crippen LogP contribution < -0.4 is 5.32 Å². The van der Waals surface area contributed by atoms with E-state index in [0.717, 1.165) is 12.8 Å². The Hall–Kier alpha value is -0.950. The van der Waals surface area contributed by atoms with Crippen LogP contribution in [0.15, 0.2) is 0 Å². The predicted molar refractivity (Wildman–Crippen MR) is 81.3 cm³/mol. The molecular formula is C14H24N2O4S. The minimum absolute atomic E-state index is 0.108. The smallest absolute Gasteiger partial charge is 0.410 e. The summed E-state index contributed by atoms with van der Waals surface area (Å²) in [7, 11) is 0. The maximum atomic E-state index is 12.1. The highest BCUT2D eigenvalue weighted by Gasteiger charge is 2.37. The van der Waals surface area contributed by atoms with E-state index < -0.39 is 17.6 Å². The molecule has 21 heavy (non-hydrogen) atoms. The number of hydrogen-bond acceptors (Lipinski definition) is 5. The molecule has 2 aliphatic rings. The lowest BCUT2D eigenvalue weighted by Crippen LogP contribution is -2.48. The zero-order valence-corrected chi connectivity index (χ0v) is 13.6. The molecule has 0 aliphatic carbocycles. The van der Waals surface area contributed by atoms with Crippen LogP contribution in [0.25, 0.3) is 0 Å². The number of likely N-dealkylation sites (tertiary alicyclic amines) is 1. The highest BCUT2D eigenvalue weighted by molar-refractivity contribution is 8.00. The third-order valence-electron chi connectivity index (χ3n) is 3.64. The monoisotopic (exact) mass is 316 g/mol. The Kier molecular flexibility index (Phi) is 5.03. The highest BCUT2D eigenvalue weighted by Crippen LogP contribution is 2.31. The summed E-state index contributed by atoms with van der Waals surface area (Å²) in [6.45, 7) is 6.92. The van der Waals surface area contributed by atoms with Crippen LogP contribution in [0.4, 0.5) is 4.79 Å². The van der Waals surface area contributed by atoms with E-state index >= 15 is 0 Å². The summed E-state index contributed by atoms with van der Waals surface area (Å²) < 4.78 is 5.41.